The summed E-state index contributed by atoms with van der Waals surface area (Å²) in [6, 6.07) is 18.1. The predicted molar refractivity (Wildman–Crippen MR) is 135 cm³/mol. The fourth-order valence-corrected chi connectivity index (χ4v) is 4.73. The van der Waals surface area contributed by atoms with E-state index < -0.39 is 30.0 Å². The molecule has 0 fully saturated rings. The SMILES string of the molecule is O=C(c1ccc(Oc2ccc(Oc3ccc(S(=O)(=O)[O-])cc3)c(S(=O)(=O)[O-])c2)cc1)c1cc(Cl)ccc1Cl.[K+].[K+]. The maximum absolute atomic E-state index is 12.8. The quantitative estimate of drug-likeness (QED) is 0.139. The van der Waals surface area contributed by atoms with E-state index in [9.17, 15) is 30.7 Å². The molecule has 0 radical (unpaired) electrons. The molecule has 4 rings (SSSR count). The molecule has 0 aliphatic rings. The van der Waals surface area contributed by atoms with Gasteiger partial charge in [-0.15, -0.1) is 0 Å². The van der Waals surface area contributed by atoms with Crippen molar-refractivity contribution in [2.75, 3.05) is 0 Å². The average Bonchev–Trinajstić information content (AvgIpc) is 2.85. The first-order valence-corrected chi connectivity index (χ1v) is 14.0. The zero-order valence-corrected chi connectivity index (χ0v) is 30.2. The minimum Gasteiger partial charge on any atom is -0.744 e. The Bertz CT molecular complexity index is 1750. The van der Waals surface area contributed by atoms with Gasteiger partial charge >= 0.3 is 103 Å². The molecule has 0 saturated carbocycles. The first-order valence-electron chi connectivity index (χ1n) is 10.4. The van der Waals surface area contributed by atoms with Crippen LogP contribution in [-0.4, -0.2) is 31.7 Å². The zero-order valence-electron chi connectivity index (χ0n) is 20.8. The normalized spacial score (nSPS) is 11.1. The molecule has 0 aliphatic carbocycles. The molecule has 0 spiro atoms. The van der Waals surface area contributed by atoms with Gasteiger partial charge in [0, 0.05) is 22.2 Å². The number of ketones is 1. The molecule has 0 aromatic heterocycles. The van der Waals surface area contributed by atoms with E-state index in [-0.39, 0.29) is 142 Å². The Labute approximate surface area is 325 Å². The summed E-state index contributed by atoms with van der Waals surface area (Å²) in [7, 11) is -9.71. The Hall–Kier alpha value is -0.177. The maximum Gasteiger partial charge on any atom is 1.00 e. The minimum atomic E-state index is -5.02. The van der Waals surface area contributed by atoms with Crippen molar-refractivity contribution in [1.29, 1.82) is 0 Å². The molecule has 0 unspecified atom stereocenters. The minimum absolute atomic E-state index is 0. The third-order valence-electron chi connectivity index (χ3n) is 5.05. The Kier molecular flexibility index (Phi) is 13.5. The Morgan fingerprint density at radius 3 is 1.77 bits per heavy atom. The number of rotatable bonds is 8. The number of hydrogen-bond acceptors (Lipinski definition) is 9. The summed E-state index contributed by atoms with van der Waals surface area (Å²) in [5.74, 6) is -0.515. The number of halogens is 2. The number of carbonyl (C=O) groups excluding carboxylic acids is 1. The van der Waals surface area contributed by atoms with Gasteiger partial charge in [-0.05, 0) is 78.9 Å². The summed E-state index contributed by atoms with van der Waals surface area (Å²) in [5, 5.41) is 0.585. The van der Waals surface area contributed by atoms with Crippen LogP contribution in [0.5, 0.6) is 23.0 Å². The molecular formula is C25H14Cl2K2O9S2. The standard InChI is InChI=1S/C25H16Cl2O9S2.2K/c26-16-3-11-22(27)21(13-16)25(28)15-1-4-17(5-2-15)35-19-8-12-23(24(14-19)38(32,33)34)36-18-6-9-20(10-7-18)37(29,30)31;;/h1-14H,(H,29,30,31)(H,32,33,34);;/q;2*+1/p-2. The van der Waals surface area contributed by atoms with E-state index in [1.165, 1.54) is 48.5 Å². The van der Waals surface area contributed by atoms with E-state index in [0.717, 1.165) is 30.3 Å². The van der Waals surface area contributed by atoms with Crippen LogP contribution in [0.3, 0.4) is 0 Å². The third-order valence-corrected chi connectivity index (χ3v) is 7.32. The van der Waals surface area contributed by atoms with Crippen molar-refractivity contribution < 1.29 is 143 Å². The topological polar surface area (TPSA) is 150 Å². The van der Waals surface area contributed by atoms with Gasteiger partial charge in [-0.2, -0.15) is 0 Å². The number of carbonyl (C=O) groups is 1. The predicted octanol–water partition coefficient (Wildman–Crippen LogP) is -0.375. The molecule has 0 aliphatic heterocycles. The first-order chi connectivity index (χ1) is 17.8. The van der Waals surface area contributed by atoms with Gasteiger partial charge in [0.15, 0.2) is 5.78 Å². The van der Waals surface area contributed by atoms with E-state index in [2.05, 4.69) is 0 Å². The van der Waals surface area contributed by atoms with E-state index >= 15 is 0 Å². The van der Waals surface area contributed by atoms with Crippen molar-refractivity contribution in [2.24, 2.45) is 0 Å². The molecule has 0 heterocycles. The zero-order chi connectivity index (χ0) is 27.7. The molecule has 0 N–H and O–H groups in total. The molecule has 0 amide bonds. The number of hydrogen-bond donors (Lipinski definition) is 0. The summed E-state index contributed by atoms with van der Waals surface area (Å²) in [6.45, 7) is 0. The molecule has 15 heteroatoms. The van der Waals surface area contributed by atoms with Crippen LogP contribution >= 0.6 is 23.2 Å². The summed E-state index contributed by atoms with van der Waals surface area (Å²) in [5.41, 5.74) is 0.516. The van der Waals surface area contributed by atoms with E-state index in [4.69, 9.17) is 32.7 Å². The molecular weight excluding hydrogens is 658 g/mol. The molecule has 0 saturated heterocycles. The van der Waals surface area contributed by atoms with Crippen LogP contribution in [0, 0.1) is 0 Å². The van der Waals surface area contributed by atoms with Gasteiger partial charge in [0.2, 0.25) is 0 Å². The molecule has 196 valence electrons. The van der Waals surface area contributed by atoms with Crippen LogP contribution in [-0.2, 0) is 20.2 Å². The number of benzene rings is 4. The third kappa shape index (κ3) is 9.41. The Morgan fingerprint density at radius 1 is 0.650 bits per heavy atom. The van der Waals surface area contributed by atoms with Crippen LogP contribution in [0.1, 0.15) is 15.9 Å². The van der Waals surface area contributed by atoms with Crippen LogP contribution in [0.15, 0.2) is 94.7 Å². The molecule has 0 bridgehead atoms. The average molecular weight is 672 g/mol. The van der Waals surface area contributed by atoms with Crippen molar-refractivity contribution in [1.82, 2.24) is 0 Å². The summed E-state index contributed by atoms with van der Waals surface area (Å²) in [4.78, 5) is 11.5. The van der Waals surface area contributed by atoms with Crippen molar-refractivity contribution in [3.05, 3.63) is 106 Å². The second-order valence-electron chi connectivity index (χ2n) is 7.67. The van der Waals surface area contributed by atoms with Crippen molar-refractivity contribution in [3.63, 3.8) is 0 Å². The van der Waals surface area contributed by atoms with Gasteiger partial charge in [-0.1, -0.05) is 23.2 Å². The Morgan fingerprint density at radius 2 is 1.20 bits per heavy atom. The molecule has 9 nitrogen and oxygen atoms in total. The maximum atomic E-state index is 12.8. The summed E-state index contributed by atoms with van der Waals surface area (Å²) < 4.78 is 79.9. The van der Waals surface area contributed by atoms with E-state index in [1.54, 1.807) is 6.07 Å². The van der Waals surface area contributed by atoms with Crippen LogP contribution in [0.2, 0.25) is 10.0 Å². The smallest absolute Gasteiger partial charge is 0.744 e. The Balaban J connectivity index is 0.00000280. The van der Waals surface area contributed by atoms with Gasteiger partial charge in [0.1, 0.15) is 48.1 Å². The van der Waals surface area contributed by atoms with Crippen molar-refractivity contribution in [3.8, 4) is 23.0 Å². The summed E-state index contributed by atoms with van der Waals surface area (Å²) in [6.07, 6.45) is 0. The first kappa shape index (κ1) is 36.0. The number of ether oxygens (including phenoxy) is 2. The molecule has 4 aromatic rings. The molecule has 4 aromatic carbocycles. The van der Waals surface area contributed by atoms with Crippen LogP contribution in [0.4, 0.5) is 0 Å². The van der Waals surface area contributed by atoms with Gasteiger partial charge in [-0.3, -0.25) is 4.79 Å². The second kappa shape index (κ2) is 15.0. The van der Waals surface area contributed by atoms with Crippen LogP contribution < -0.4 is 112 Å². The van der Waals surface area contributed by atoms with Crippen molar-refractivity contribution >= 4 is 49.2 Å². The molecule has 40 heavy (non-hydrogen) atoms. The fraction of sp³-hybridized carbons (Fsp3) is 0. The molecule has 0 atom stereocenters. The van der Waals surface area contributed by atoms with Gasteiger partial charge in [-0.25, -0.2) is 16.8 Å². The van der Waals surface area contributed by atoms with Gasteiger partial charge in [0.25, 0.3) is 0 Å². The van der Waals surface area contributed by atoms with Gasteiger partial charge < -0.3 is 18.6 Å². The second-order valence-corrected chi connectivity index (χ2v) is 11.2. The largest absolute Gasteiger partial charge is 1.00 e. The monoisotopic (exact) mass is 670 g/mol. The fourth-order valence-electron chi connectivity index (χ4n) is 3.27. The van der Waals surface area contributed by atoms with Crippen molar-refractivity contribution in [2.45, 2.75) is 9.79 Å². The van der Waals surface area contributed by atoms with Gasteiger partial charge in [0.05, 0.1) is 9.92 Å². The van der Waals surface area contributed by atoms with E-state index in [0.29, 0.717) is 10.6 Å². The van der Waals surface area contributed by atoms with E-state index in [1.807, 2.05) is 0 Å². The summed E-state index contributed by atoms with van der Waals surface area (Å²) >= 11 is 12.0. The van der Waals surface area contributed by atoms with Crippen LogP contribution in [0.25, 0.3) is 0 Å².